The largest absolute Gasteiger partial charge is 0.466 e. The Labute approximate surface area is 185 Å². The highest BCUT2D eigenvalue weighted by molar-refractivity contribution is 7.80. The summed E-state index contributed by atoms with van der Waals surface area (Å²) in [6.07, 6.45) is 4.86. The molecule has 0 saturated heterocycles. The van der Waals surface area contributed by atoms with Crippen molar-refractivity contribution in [2.24, 2.45) is 5.73 Å². The average Bonchev–Trinajstić information content (AvgIpc) is 2.78. The van der Waals surface area contributed by atoms with E-state index in [1.165, 1.54) is 5.56 Å². The second-order valence-electron chi connectivity index (χ2n) is 7.31. The molecule has 0 aliphatic heterocycles. The van der Waals surface area contributed by atoms with Crippen molar-refractivity contribution in [3.05, 3.63) is 53.7 Å². The number of carbonyl (C=O) groups is 1. The van der Waals surface area contributed by atoms with Crippen LogP contribution in [0.5, 0.6) is 5.88 Å². The molecule has 6 nitrogen and oxygen atoms in total. The summed E-state index contributed by atoms with van der Waals surface area (Å²) in [6, 6.07) is 14.1. The van der Waals surface area contributed by atoms with Gasteiger partial charge >= 0.3 is 0 Å². The van der Waals surface area contributed by atoms with Crippen LogP contribution >= 0.6 is 12.6 Å². The Morgan fingerprint density at radius 1 is 1.17 bits per heavy atom. The normalized spacial score (nSPS) is 11.7. The number of nitrogens with one attached hydrogen (secondary N) is 2. The molecule has 2 rings (SSSR count). The third-order valence-corrected chi connectivity index (χ3v) is 5.11. The van der Waals surface area contributed by atoms with E-state index in [0.717, 1.165) is 43.5 Å². The molecule has 1 heterocycles. The number of carbonyl (C=O) groups excluding carboxylic acids is 1. The number of nitrogens with two attached hydrogens (primary N) is 1. The van der Waals surface area contributed by atoms with Crippen molar-refractivity contribution in [2.75, 3.05) is 30.8 Å². The molecule has 164 valence electrons. The molecule has 0 aliphatic rings. The fourth-order valence-electron chi connectivity index (χ4n) is 2.88. The third kappa shape index (κ3) is 9.05. The zero-order valence-electron chi connectivity index (χ0n) is 17.8. The Kier molecular flexibility index (Phi) is 11.1. The number of aryl methyl sites for hydroxylation is 2. The molecule has 1 amide bonds. The maximum atomic E-state index is 12.2. The van der Waals surface area contributed by atoms with Gasteiger partial charge in [-0.15, -0.1) is 0 Å². The molecule has 0 bridgehead atoms. The van der Waals surface area contributed by atoms with E-state index in [2.05, 4.69) is 47.3 Å². The average molecular weight is 431 g/mol. The lowest BCUT2D eigenvalue weighted by atomic mass is 10.1. The summed E-state index contributed by atoms with van der Waals surface area (Å²) in [5.41, 5.74) is 8.90. The predicted octanol–water partition coefficient (Wildman–Crippen LogP) is 3.22. The van der Waals surface area contributed by atoms with Crippen molar-refractivity contribution in [2.45, 2.75) is 45.1 Å². The summed E-state index contributed by atoms with van der Waals surface area (Å²) < 4.78 is 5.76. The van der Waals surface area contributed by atoms with E-state index < -0.39 is 0 Å². The molecule has 4 N–H and O–H groups in total. The molecule has 1 aromatic heterocycles. The van der Waals surface area contributed by atoms with Gasteiger partial charge in [0, 0.05) is 30.6 Å². The Morgan fingerprint density at radius 3 is 2.70 bits per heavy atom. The second-order valence-corrected chi connectivity index (χ2v) is 7.68. The van der Waals surface area contributed by atoms with Gasteiger partial charge in [-0.25, -0.2) is 4.98 Å². The van der Waals surface area contributed by atoms with Crippen LogP contribution in [0.1, 0.15) is 37.4 Å². The van der Waals surface area contributed by atoms with Gasteiger partial charge in [0.2, 0.25) is 5.88 Å². The van der Waals surface area contributed by atoms with E-state index in [0.29, 0.717) is 24.7 Å². The van der Waals surface area contributed by atoms with E-state index in [4.69, 9.17) is 10.5 Å². The Morgan fingerprint density at radius 2 is 1.97 bits per heavy atom. The Balaban J connectivity index is 1.84. The summed E-state index contributed by atoms with van der Waals surface area (Å²) in [6.45, 7) is 3.25. The molecule has 7 heteroatoms. The lowest BCUT2D eigenvalue weighted by Gasteiger charge is -2.16. The highest BCUT2D eigenvalue weighted by Crippen LogP contribution is 2.23. The van der Waals surface area contributed by atoms with Gasteiger partial charge in [-0.2, -0.15) is 12.6 Å². The summed E-state index contributed by atoms with van der Waals surface area (Å²) in [5, 5.41) is 6.16. The fraction of sp³-hybridized carbons (Fsp3) is 0.478. The van der Waals surface area contributed by atoms with Crippen molar-refractivity contribution in [3.63, 3.8) is 0 Å². The van der Waals surface area contributed by atoms with Crippen LogP contribution in [0.2, 0.25) is 0 Å². The minimum absolute atomic E-state index is 0.0666. The first-order valence-corrected chi connectivity index (χ1v) is 11.3. The SMILES string of the molecule is CCCCc1ccc(NCC(N)CS)c(OCC(=O)NCCCc2ccccc2)n1. The first-order chi connectivity index (χ1) is 14.6. The van der Waals surface area contributed by atoms with Crippen molar-refractivity contribution in [1.82, 2.24) is 10.3 Å². The van der Waals surface area contributed by atoms with Gasteiger partial charge in [0.05, 0.1) is 5.69 Å². The summed E-state index contributed by atoms with van der Waals surface area (Å²) in [5.74, 6) is 0.868. The molecule has 0 aliphatic carbocycles. The number of anilines is 1. The number of nitrogens with zero attached hydrogens (tertiary/aromatic N) is 1. The molecule has 1 aromatic carbocycles. The van der Waals surface area contributed by atoms with Crippen LogP contribution in [0, 0.1) is 0 Å². The van der Waals surface area contributed by atoms with Crippen LogP contribution in [0.4, 0.5) is 5.69 Å². The standard InChI is InChI=1S/C23H34N4O2S/c1-2-3-11-20-12-13-21(26-15-19(24)17-30)23(27-20)29-16-22(28)25-14-7-10-18-8-5-4-6-9-18/h4-6,8-9,12-13,19,26,30H,2-3,7,10-11,14-17,24H2,1H3,(H,25,28). The molecule has 1 atom stereocenters. The van der Waals surface area contributed by atoms with Gasteiger partial charge in [-0.05, 0) is 43.4 Å². The number of ether oxygens (including phenoxy) is 1. The monoisotopic (exact) mass is 430 g/mol. The van der Waals surface area contributed by atoms with E-state index in [9.17, 15) is 4.79 Å². The topological polar surface area (TPSA) is 89.3 Å². The number of amides is 1. The van der Waals surface area contributed by atoms with Crippen molar-refractivity contribution < 1.29 is 9.53 Å². The molecule has 2 aromatic rings. The fourth-order valence-corrected chi connectivity index (χ4v) is 3.01. The first-order valence-electron chi connectivity index (χ1n) is 10.7. The quantitative estimate of drug-likeness (QED) is 0.273. The molecule has 0 saturated carbocycles. The maximum absolute atomic E-state index is 12.2. The molecular weight excluding hydrogens is 396 g/mol. The number of hydrogen-bond acceptors (Lipinski definition) is 6. The van der Waals surface area contributed by atoms with E-state index >= 15 is 0 Å². The molecule has 30 heavy (non-hydrogen) atoms. The summed E-state index contributed by atoms with van der Waals surface area (Å²) in [4.78, 5) is 16.8. The number of hydrogen-bond donors (Lipinski definition) is 4. The summed E-state index contributed by atoms with van der Waals surface area (Å²) >= 11 is 4.21. The molecule has 0 radical (unpaired) electrons. The predicted molar refractivity (Wildman–Crippen MR) is 126 cm³/mol. The van der Waals surface area contributed by atoms with Crippen LogP contribution < -0.4 is 21.1 Å². The van der Waals surface area contributed by atoms with Gasteiger partial charge in [0.25, 0.3) is 5.91 Å². The second kappa shape index (κ2) is 13.9. The Bertz CT molecular complexity index is 758. The molecular formula is C23H34N4O2S. The number of pyridine rings is 1. The lowest BCUT2D eigenvalue weighted by Crippen LogP contribution is -2.31. The van der Waals surface area contributed by atoms with Crippen molar-refractivity contribution in [1.29, 1.82) is 0 Å². The third-order valence-electron chi connectivity index (χ3n) is 4.64. The lowest BCUT2D eigenvalue weighted by molar-refractivity contribution is -0.123. The number of aromatic nitrogens is 1. The van der Waals surface area contributed by atoms with Gasteiger partial charge < -0.3 is 21.1 Å². The minimum Gasteiger partial charge on any atom is -0.466 e. The van der Waals surface area contributed by atoms with Gasteiger partial charge in [-0.1, -0.05) is 43.7 Å². The van der Waals surface area contributed by atoms with Crippen molar-refractivity contribution >= 4 is 24.2 Å². The van der Waals surface area contributed by atoms with Crippen LogP contribution in [0.15, 0.2) is 42.5 Å². The molecule has 0 spiro atoms. The molecule has 0 fully saturated rings. The number of unbranched alkanes of at least 4 members (excludes halogenated alkanes) is 1. The van der Waals surface area contributed by atoms with Crippen LogP contribution in [0.25, 0.3) is 0 Å². The minimum atomic E-state index is -0.151. The van der Waals surface area contributed by atoms with Gasteiger partial charge in [-0.3, -0.25) is 4.79 Å². The van der Waals surface area contributed by atoms with E-state index in [1.54, 1.807) is 0 Å². The number of benzene rings is 1. The summed E-state index contributed by atoms with van der Waals surface area (Å²) in [7, 11) is 0. The Hall–Kier alpha value is -2.25. The zero-order valence-corrected chi connectivity index (χ0v) is 18.7. The first kappa shape index (κ1) is 24.0. The smallest absolute Gasteiger partial charge is 0.258 e. The highest BCUT2D eigenvalue weighted by atomic mass is 32.1. The van der Waals surface area contributed by atoms with Gasteiger partial charge in [0.15, 0.2) is 6.61 Å². The van der Waals surface area contributed by atoms with Crippen LogP contribution in [0.3, 0.4) is 0 Å². The number of thiol groups is 1. The number of rotatable bonds is 14. The van der Waals surface area contributed by atoms with Crippen molar-refractivity contribution in [3.8, 4) is 5.88 Å². The maximum Gasteiger partial charge on any atom is 0.258 e. The zero-order chi connectivity index (χ0) is 21.6. The van der Waals surface area contributed by atoms with Gasteiger partial charge in [0.1, 0.15) is 0 Å². The van der Waals surface area contributed by atoms with Crippen LogP contribution in [-0.2, 0) is 17.6 Å². The highest BCUT2D eigenvalue weighted by Gasteiger charge is 2.11. The van der Waals surface area contributed by atoms with E-state index in [-0.39, 0.29) is 18.6 Å². The van der Waals surface area contributed by atoms with E-state index in [1.807, 2.05) is 30.3 Å². The molecule has 1 unspecified atom stereocenters. The van der Waals surface area contributed by atoms with Crippen LogP contribution in [-0.4, -0.2) is 42.4 Å².